The van der Waals surface area contributed by atoms with Crippen molar-refractivity contribution in [3.63, 3.8) is 0 Å². The second-order valence-electron chi connectivity index (χ2n) is 5.78. The van der Waals surface area contributed by atoms with Crippen molar-refractivity contribution in [2.45, 2.75) is 38.8 Å². The first kappa shape index (κ1) is 17.6. The maximum atomic E-state index is 12.3. The van der Waals surface area contributed by atoms with Gasteiger partial charge >= 0.3 is 5.97 Å². The highest BCUT2D eigenvalue weighted by Gasteiger charge is 2.26. The van der Waals surface area contributed by atoms with E-state index in [9.17, 15) is 9.59 Å². The lowest BCUT2D eigenvalue weighted by atomic mass is 10.1. The van der Waals surface area contributed by atoms with Gasteiger partial charge in [-0.1, -0.05) is 30.3 Å². The fraction of sp³-hybridized carbons (Fsp3) is 0.500. The number of hydrogen-bond acceptors (Lipinski definition) is 4. The Hall–Kier alpha value is -1.49. The highest BCUT2D eigenvalue weighted by molar-refractivity contribution is 7.99. The summed E-state index contributed by atoms with van der Waals surface area (Å²) in [4.78, 5) is 24.0. The lowest BCUT2D eigenvalue weighted by molar-refractivity contribution is -0.158. The minimum absolute atomic E-state index is 0.158. The molecule has 0 heterocycles. The Bertz CT molecular complexity index is 468. The Kier molecular flexibility index (Phi) is 6.75. The summed E-state index contributed by atoms with van der Waals surface area (Å²) in [5.41, 5.74) is 0.411. The molecule has 0 spiro atoms. The molecular formula is C16H23NO3S. The zero-order chi connectivity index (χ0) is 15.9. The molecule has 0 aliphatic heterocycles. The van der Waals surface area contributed by atoms with Crippen molar-refractivity contribution in [2.24, 2.45) is 0 Å². The highest BCUT2D eigenvalue weighted by Crippen LogP contribution is 2.11. The van der Waals surface area contributed by atoms with Gasteiger partial charge in [0.2, 0.25) is 5.91 Å². The van der Waals surface area contributed by atoms with Gasteiger partial charge in [-0.2, -0.15) is 11.8 Å². The zero-order valence-electron chi connectivity index (χ0n) is 13.0. The third-order valence-electron chi connectivity index (χ3n) is 2.58. The number of ether oxygens (including phenoxy) is 1. The summed E-state index contributed by atoms with van der Waals surface area (Å²) in [5.74, 6) is -0.233. The minimum atomic E-state index is -0.661. The molecule has 0 fully saturated rings. The molecule has 1 amide bonds. The lowest BCUT2D eigenvalue weighted by Gasteiger charge is -2.24. The summed E-state index contributed by atoms with van der Waals surface area (Å²) in [6.45, 7) is 5.44. The molecule has 1 aromatic rings. The number of hydrogen-bond donors (Lipinski definition) is 1. The van der Waals surface area contributed by atoms with Crippen molar-refractivity contribution in [1.82, 2.24) is 5.32 Å². The van der Waals surface area contributed by atoms with E-state index in [2.05, 4.69) is 5.32 Å². The Morgan fingerprint density at radius 2 is 1.86 bits per heavy atom. The van der Waals surface area contributed by atoms with Crippen molar-refractivity contribution in [3.05, 3.63) is 35.9 Å². The van der Waals surface area contributed by atoms with Crippen molar-refractivity contribution in [2.75, 3.05) is 12.0 Å². The van der Waals surface area contributed by atoms with Gasteiger partial charge in [0.25, 0.3) is 0 Å². The predicted octanol–water partition coefficient (Wildman–Crippen LogP) is 2.42. The quantitative estimate of drug-likeness (QED) is 0.820. The first-order valence-corrected chi connectivity index (χ1v) is 8.26. The second-order valence-corrected chi connectivity index (χ2v) is 6.64. The Morgan fingerprint density at radius 3 is 2.38 bits per heavy atom. The third kappa shape index (κ3) is 7.18. The van der Waals surface area contributed by atoms with Gasteiger partial charge in [0.1, 0.15) is 11.6 Å². The summed E-state index contributed by atoms with van der Waals surface area (Å²) in [7, 11) is 0. The van der Waals surface area contributed by atoms with Crippen LogP contribution in [-0.4, -0.2) is 35.5 Å². The van der Waals surface area contributed by atoms with E-state index in [0.29, 0.717) is 12.2 Å². The first-order chi connectivity index (χ1) is 9.81. The average Bonchev–Trinajstić information content (AvgIpc) is 2.37. The fourth-order valence-corrected chi connectivity index (χ4v) is 2.13. The molecule has 0 aliphatic carbocycles. The van der Waals surface area contributed by atoms with Gasteiger partial charge < -0.3 is 10.1 Å². The van der Waals surface area contributed by atoms with Crippen LogP contribution < -0.4 is 5.32 Å². The van der Waals surface area contributed by atoms with Gasteiger partial charge in [-0.25, -0.2) is 4.79 Å². The summed E-state index contributed by atoms with van der Waals surface area (Å²) in [5, 5.41) is 2.75. The lowest BCUT2D eigenvalue weighted by Crippen LogP contribution is -2.46. The van der Waals surface area contributed by atoms with Crippen LogP contribution in [0, 0.1) is 0 Å². The highest BCUT2D eigenvalue weighted by atomic mass is 32.2. The van der Waals surface area contributed by atoms with E-state index in [-0.39, 0.29) is 5.91 Å². The van der Waals surface area contributed by atoms with Gasteiger partial charge in [0.05, 0.1) is 5.75 Å². The Balaban J connectivity index is 2.78. The fourth-order valence-electron chi connectivity index (χ4n) is 1.78. The number of esters is 1. The summed E-state index contributed by atoms with van der Waals surface area (Å²) >= 11 is 1.42. The number of thioether (sulfide) groups is 1. The largest absolute Gasteiger partial charge is 0.458 e. The van der Waals surface area contributed by atoms with Gasteiger partial charge in [-0.15, -0.1) is 0 Å². The van der Waals surface area contributed by atoms with Gasteiger partial charge in [0, 0.05) is 6.42 Å². The number of carbonyl (C=O) groups is 2. The van der Waals surface area contributed by atoms with Gasteiger partial charge in [-0.3, -0.25) is 4.79 Å². The molecule has 0 saturated heterocycles. The number of amides is 1. The number of benzene rings is 1. The van der Waals surface area contributed by atoms with Crippen LogP contribution >= 0.6 is 11.8 Å². The molecule has 116 valence electrons. The average molecular weight is 309 g/mol. The third-order valence-corrected chi connectivity index (χ3v) is 3.14. The monoisotopic (exact) mass is 309 g/mol. The van der Waals surface area contributed by atoms with Crippen LogP contribution in [0.2, 0.25) is 0 Å². The Labute approximate surface area is 130 Å². The number of carbonyl (C=O) groups excluding carboxylic acids is 2. The maximum absolute atomic E-state index is 12.3. The molecular weight excluding hydrogens is 286 g/mol. The van der Waals surface area contributed by atoms with Crippen LogP contribution in [0.4, 0.5) is 0 Å². The minimum Gasteiger partial charge on any atom is -0.458 e. The molecule has 1 atom stereocenters. The molecule has 0 radical (unpaired) electrons. The summed E-state index contributed by atoms with van der Waals surface area (Å²) in [6, 6.07) is 8.93. The SMILES string of the molecule is CSCC(=O)NC(Cc1ccccc1)C(=O)OC(C)(C)C. The van der Waals surface area contributed by atoms with Crippen LogP contribution in [-0.2, 0) is 20.7 Å². The smallest absolute Gasteiger partial charge is 0.329 e. The van der Waals surface area contributed by atoms with Crippen molar-refractivity contribution in [1.29, 1.82) is 0 Å². The maximum Gasteiger partial charge on any atom is 0.329 e. The molecule has 1 unspecified atom stereocenters. The molecule has 21 heavy (non-hydrogen) atoms. The molecule has 0 bridgehead atoms. The van der Waals surface area contributed by atoms with Crippen LogP contribution in [0.25, 0.3) is 0 Å². The number of nitrogens with one attached hydrogen (secondary N) is 1. The molecule has 5 heteroatoms. The topological polar surface area (TPSA) is 55.4 Å². The van der Waals surface area contributed by atoms with E-state index < -0.39 is 17.6 Å². The van der Waals surface area contributed by atoms with Crippen LogP contribution in [0.15, 0.2) is 30.3 Å². The second kappa shape index (κ2) is 8.08. The molecule has 4 nitrogen and oxygen atoms in total. The van der Waals surface area contributed by atoms with Crippen LogP contribution in [0.5, 0.6) is 0 Å². The van der Waals surface area contributed by atoms with E-state index in [0.717, 1.165) is 5.56 Å². The van der Waals surface area contributed by atoms with Crippen LogP contribution in [0.1, 0.15) is 26.3 Å². The van der Waals surface area contributed by atoms with Crippen molar-refractivity contribution >= 4 is 23.6 Å². The van der Waals surface area contributed by atoms with E-state index >= 15 is 0 Å². The van der Waals surface area contributed by atoms with E-state index in [1.807, 2.05) is 57.4 Å². The van der Waals surface area contributed by atoms with E-state index in [4.69, 9.17) is 4.74 Å². The first-order valence-electron chi connectivity index (χ1n) is 6.87. The molecule has 0 aromatic heterocycles. The van der Waals surface area contributed by atoms with E-state index in [1.54, 1.807) is 0 Å². The van der Waals surface area contributed by atoms with Crippen molar-refractivity contribution in [3.8, 4) is 0 Å². The standard InChI is InChI=1S/C16H23NO3S/c1-16(2,3)20-15(19)13(17-14(18)11-21-4)10-12-8-6-5-7-9-12/h5-9,13H,10-11H2,1-4H3,(H,17,18). The molecule has 0 saturated carbocycles. The zero-order valence-corrected chi connectivity index (χ0v) is 13.8. The summed E-state index contributed by atoms with van der Waals surface area (Å²) < 4.78 is 5.39. The van der Waals surface area contributed by atoms with Gasteiger partial charge in [0.15, 0.2) is 0 Å². The van der Waals surface area contributed by atoms with Crippen LogP contribution in [0.3, 0.4) is 0 Å². The van der Waals surface area contributed by atoms with Gasteiger partial charge in [-0.05, 0) is 32.6 Å². The Morgan fingerprint density at radius 1 is 1.24 bits per heavy atom. The molecule has 0 aliphatic rings. The number of rotatable bonds is 6. The van der Waals surface area contributed by atoms with E-state index in [1.165, 1.54) is 11.8 Å². The molecule has 1 aromatic carbocycles. The molecule has 1 N–H and O–H groups in total. The van der Waals surface area contributed by atoms with Crippen molar-refractivity contribution < 1.29 is 14.3 Å². The normalized spacial score (nSPS) is 12.6. The molecule has 1 rings (SSSR count). The predicted molar refractivity (Wildman–Crippen MR) is 86.3 cm³/mol. The summed E-state index contributed by atoms with van der Waals surface area (Å²) in [6.07, 6.45) is 2.27.